The zero-order chi connectivity index (χ0) is 25.9. The average Bonchev–Trinajstić information content (AvgIpc) is 3.65. The van der Waals surface area contributed by atoms with E-state index in [0.29, 0.717) is 0 Å². The molecule has 0 saturated heterocycles. The molecule has 1 aliphatic carbocycles. The predicted molar refractivity (Wildman–Crippen MR) is 167 cm³/mol. The number of benzene rings is 5. The molecule has 5 aromatic carbocycles. The fraction of sp³-hybridized carbons (Fsp3) is 0.0278. The zero-order valence-corrected chi connectivity index (χ0v) is 21.3. The molecule has 0 spiro atoms. The van der Waals surface area contributed by atoms with Gasteiger partial charge in [-0.3, -0.25) is 4.40 Å². The highest BCUT2D eigenvalue weighted by Crippen LogP contribution is 2.51. The third-order valence-corrected chi connectivity index (χ3v) is 8.70. The number of para-hydroxylation sites is 2. The number of nitrogens with zero attached hydrogens (tertiary/aromatic N) is 2. The summed E-state index contributed by atoms with van der Waals surface area (Å²) in [6.07, 6.45) is 8.40. The molecule has 186 valence electrons. The summed E-state index contributed by atoms with van der Waals surface area (Å²) in [6, 6.07) is 32.6. The van der Waals surface area contributed by atoms with Crippen molar-refractivity contribution in [3.05, 3.63) is 115 Å². The van der Waals surface area contributed by atoms with E-state index < -0.39 is 0 Å². The van der Waals surface area contributed by atoms with E-state index in [1.807, 2.05) is 0 Å². The summed E-state index contributed by atoms with van der Waals surface area (Å²) in [4.78, 5) is 5.17. The summed E-state index contributed by atoms with van der Waals surface area (Å²) in [5.74, 6) is 0.959. The van der Waals surface area contributed by atoms with Crippen LogP contribution in [0.25, 0.3) is 71.0 Å². The number of nitrogens with one attached hydrogen (secondary N) is 1. The van der Waals surface area contributed by atoms with E-state index in [2.05, 4.69) is 125 Å². The highest BCUT2D eigenvalue weighted by molar-refractivity contribution is 6.34. The number of hydrogen-bond acceptors (Lipinski definition) is 3. The Kier molecular flexibility index (Phi) is 3.70. The van der Waals surface area contributed by atoms with E-state index in [0.717, 1.165) is 61.2 Å². The Hall–Kier alpha value is -5.35. The van der Waals surface area contributed by atoms with Crippen LogP contribution in [0.5, 0.6) is 0 Å². The van der Waals surface area contributed by atoms with Crippen molar-refractivity contribution in [2.75, 3.05) is 5.32 Å². The summed E-state index contributed by atoms with van der Waals surface area (Å²) in [5.41, 5.74) is 8.56. The van der Waals surface area contributed by atoms with Crippen LogP contribution >= 0.6 is 0 Å². The number of fused-ring (bicyclic) bond motifs is 12. The SMILES string of the molecule is C1=CC2=Nc3c(c4cc5oc6c(-c7ccc8ccccc8c7)cccc6c5c5c6ccccc6n3c45)NC2C=C1. The second-order valence-electron chi connectivity index (χ2n) is 10.8. The van der Waals surface area contributed by atoms with Crippen molar-refractivity contribution in [1.82, 2.24) is 4.40 Å². The molecule has 4 nitrogen and oxygen atoms in total. The van der Waals surface area contributed by atoms with Crippen LogP contribution in [0.3, 0.4) is 0 Å². The van der Waals surface area contributed by atoms with E-state index in [1.54, 1.807) is 0 Å². The van der Waals surface area contributed by atoms with E-state index in [-0.39, 0.29) is 6.04 Å². The number of rotatable bonds is 1. The van der Waals surface area contributed by atoms with Gasteiger partial charge in [0.1, 0.15) is 11.2 Å². The first-order chi connectivity index (χ1) is 19.8. The first-order valence-electron chi connectivity index (χ1n) is 13.7. The van der Waals surface area contributed by atoms with Crippen LogP contribution in [0.1, 0.15) is 0 Å². The zero-order valence-electron chi connectivity index (χ0n) is 21.3. The maximum atomic E-state index is 6.81. The van der Waals surface area contributed by atoms with Crippen LogP contribution in [-0.2, 0) is 0 Å². The predicted octanol–water partition coefficient (Wildman–Crippen LogP) is 9.40. The highest BCUT2D eigenvalue weighted by Gasteiger charge is 2.30. The molecule has 8 aromatic rings. The van der Waals surface area contributed by atoms with Gasteiger partial charge in [-0.2, -0.15) is 0 Å². The molecule has 0 radical (unpaired) electrons. The molecule has 0 bridgehead atoms. The van der Waals surface area contributed by atoms with Crippen molar-refractivity contribution < 1.29 is 4.42 Å². The standard InChI is InChI=1S/C36H21N3O/c1-2-9-21-18-22(17-16-20(21)8-1)23-11-7-12-25-31-30(40-35(23)25)19-26-33-36(38-28-14-5-4-13-27(28)37-33)39-29-15-6-3-10-24(29)32(31)34(26)39/h1-19,27,37H. The molecule has 4 heteroatoms. The number of allylic oxidation sites excluding steroid dienone is 2. The molecule has 1 unspecified atom stereocenters. The Bertz CT molecular complexity index is 2470. The molecule has 3 aromatic heterocycles. The van der Waals surface area contributed by atoms with Gasteiger partial charge < -0.3 is 9.73 Å². The second-order valence-corrected chi connectivity index (χ2v) is 10.8. The molecule has 2 aliphatic rings. The summed E-state index contributed by atoms with van der Waals surface area (Å²) in [6.45, 7) is 0. The second kappa shape index (κ2) is 7.19. The fourth-order valence-corrected chi connectivity index (χ4v) is 6.96. The Labute approximate surface area is 228 Å². The third-order valence-electron chi connectivity index (χ3n) is 8.70. The number of anilines is 1. The number of furan rings is 1. The van der Waals surface area contributed by atoms with Crippen molar-refractivity contribution in [2.24, 2.45) is 4.99 Å². The quantitative estimate of drug-likeness (QED) is 0.238. The minimum absolute atomic E-state index is 0.0700. The minimum Gasteiger partial charge on any atom is -0.455 e. The van der Waals surface area contributed by atoms with Gasteiger partial charge in [-0.25, -0.2) is 4.99 Å². The first kappa shape index (κ1) is 20.6. The Morgan fingerprint density at radius 3 is 2.60 bits per heavy atom. The van der Waals surface area contributed by atoms with Crippen molar-refractivity contribution in [2.45, 2.75) is 6.04 Å². The first-order valence-corrected chi connectivity index (χ1v) is 13.7. The van der Waals surface area contributed by atoms with Gasteiger partial charge in [-0.1, -0.05) is 91.0 Å². The van der Waals surface area contributed by atoms with Gasteiger partial charge in [0.05, 0.1) is 28.5 Å². The summed E-state index contributed by atoms with van der Waals surface area (Å²) in [7, 11) is 0. The smallest absolute Gasteiger partial charge is 0.162 e. The Morgan fingerprint density at radius 2 is 1.62 bits per heavy atom. The fourth-order valence-electron chi connectivity index (χ4n) is 6.96. The summed E-state index contributed by atoms with van der Waals surface area (Å²) < 4.78 is 9.14. The largest absolute Gasteiger partial charge is 0.455 e. The molecule has 40 heavy (non-hydrogen) atoms. The van der Waals surface area contributed by atoms with Crippen LogP contribution < -0.4 is 5.32 Å². The van der Waals surface area contributed by atoms with Gasteiger partial charge in [-0.05, 0) is 40.6 Å². The average molecular weight is 512 g/mol. The van der Waals surface area contributed by atoms with E-state index in [9.17, 15) is 0 Å². The van der Waals surface area contributed by atoms with Gasteiger partial charge in [0, 0.05) is 32.5 Å². The van der Waals surface area contributed by atoms with Gasteiger partial charge in [0.25, 0.3) is 0 Å². The maximum Gasteiger partial charge on any atom is 0.162 e. The van der Waals surface area contributed by atoms with Crippen LogP contribution in [0.2, 0.25) is 0 Å². The molecule has 0 saturated carbocycles. The summed E-state index contributed by atoms with van der Waals surface area (Å²) >= 11 is 0. The van der Waals surface area contributed by atoms with Gasteiger partial charge in [0.2, 0.25) is 0 Å². The normalized spacial score (nSPS) is 16.4. The van der Waals surface area contributed by atoms with Crippen LogP contribution in [-0.4, -0.2) is 16.2 Å². The lowest BCUT2D eigenvalue weighted by molar-refractivity contribution is 0.670. The number of aliphatic imine (C=N–C) groups is 1. The van der Waals surface area contributed by atoms with Gasteiger partial charge in [-0.15, -0.1) is 0 Å². The topological polar surface area (TPSA) is 41.9 Å². The van der Waals surface area contributed by atoms with E-state index in [1.165, 1.54) is 27.1 Å². The summed E-state index contributed by atoms with van der Waals surface area (Å²) in [5, 5.41) is 12.1. The van der Waals surface area contributed by atoms with Crippen LogP contribution in [0, 0.1) is 0 Å². The van der Waals surface area contributed by atoms with E-state index >= 15 is 0 Å². The Balaban J connectivity index is 1.35. The third kappa shape index (κ3) is 2.49. The molecule has 1 atom stereocenters. The van der Waals surface area contributed by atoms with Crippen molar-refractivity contribution in [3.63, 3.8) is 0 Å². The van der Waals surface area contributed by atoms with Gasteiger partial charge in [0.15, 0.2) is 5.82 Å². The lowest BCUT2D eigenvalue weighted by Crippen LogP contribution is -2.29. The lowest BCUT2D eigenvalue weighted by atomic mass is 9.98. The van der Waals surface area contributed by atoms with Crippen LogP contribution in [0.4, 0.5) is 11.5 Å². The molecule has 4 heterocycles. The van der Waals surface area contributed by atoms with Gasteiger partial charge >= 0.3 is 0 Å². The molecule has 1 N–H and O–H groups in total. The molecular weight excluding hydrogens is 490 g/mol. The molecule has 0 amide bonds. The minimum atomic E-state index is 0.0700. The lowest BCUT2D eigenvalue weighted by Gasteiger charge is -2.23. The maximum absolute atomic E-state index is 6.81. The molecule has 1 aliphatic heterocycles. The molecular formula is C36H21N3O. The van der Waals surface area contributed by atoms with E-state index in [4.69, 9.17) is 9.41 Å². The van der Waals surface area contributed by atoms with Crippen LogP contribution in [0.15, 0.2) is 125 Å². The monoisotopic (exact) mass is 511 g/mol. The Morgan fingerprint density at radius 1 is 0.750 bits per heavy atom. The number of aromatic nitrogens is 1. The molecule has 10 rings (SSSR count). The number of hydrogen-bond donors (Lipinski definition) is 1. The van der Waals surface area contributed by atoms with Crippen molar-refractivity contribution in [3.8, 4) is 11.1 Å². The van der Waals surface area contributed by atoms with Crippen molar-refractivity contribution in [1.29, 1.82) is 0 Å². The molecule has 0 fully saturated rings. The highest BCUT2D eigenvalue weighted by atomic mass is 16.3. The van der Waals surface area contributed by atoms with Crippen molar-refractivity contribution >= 4 is 77.1 Å².